The van der Waals surface area contributed by atoms with E-state index in [-0.39, 0.29) is 6.04 Å². The number of imidazole rings is 1. The second-order valence-corrected chi connectivity index (χ2v) is 8.48. The van der Waals surface area contributed by atoms with Crippen LogP contribution in [0.2, 0.25) is 0 Å². The molecule has 0 bridgehead atoms. The highest BCUT2D eigenvalue weighted by atomic mass is 32.1. The maximum atomic E-state index is 13.3. The summed E-state index contributed by atoms with van der Waals surface area (Å²) in [5, 5.41) is 24.1. The third-order valence-electron chi connectivity index (χ3n) is 5.31. The number of anilines is 1. The van der Waals surface area contributed by atoms with E-state index in [1.165, 1.54) is 17.4 Å². The van der Waals surface area contributed by atoms with Gasteiger partial charge in [-0.05, 0) is 37.0 Å². The number of H-pyrrole nitrogens is 1. The lowest BCUT2D eigenvalue weighted by molar-refractivity contribution is -0.0161. The Bertz CT molecular complexity index is 1180. The predicted molar refractivity (Wildman–Crippen MR) is 110 cm³/mol. The SMILES string of the molecule is O[C@@H]1[C@H](O)CCC[C@H]1Nc1nc2ccc(Cc3nc4ncc(F)cc4[nH]3)cc2s1. The lowest BCUT2D eigenvalue weighted by Gasteiger charge is -2.32. The predicted octanol–water partition coefficient (Wildman–Crippen LogP) is 2.98. The Morgan fingerprint density at radius 2 is 2.10 bits per heavy atom. The Hall–Kier alpha value is -2.62. The maximum Gasteiger partial charge on any atom is 0.184 e. The number of hydrogen-bond donors (Lipinski definition) is 4. The topological polar surface area (TPSA) is 107 Å². The number of benzene rings is 1. The van der Waals surface area contributed by atoms with E-state index in [4.69, 9.17) is 0 Å². The van der Waals surface area contributed by atoms with Gasteiger partial charge in [0.05, 0.1) is 40.2 Å². The molecule has 5 rings (SSSR count). The molecule has 1 aliphatic rings. The molecule has 0 saturated heterocycles. The average Bonchev–Trinajstić information content (AvgIpc) is 3.27. The average molecular weight is 413 g/mol. The molecule has 1 fully saturated rings. The van der Waals surface area contributed by atoms with Crippen LogP contribution in [0.15, 0.2) is 30.5 Å². The smallest absolute Gasteiger partial charge is 0.184 e. The van der Waals surface area contributed by atoms with Crippen molar-refractivity contribution < 1.29 is 14.6 Å². The van der Waals surface area contributed by atoms with E-state index in [0.717, 1.165) is 45.8 Å². The summed E-state index contributed by atoms with van der Waals surface area (Å²) in [5.74, 6) is 0.328. The number of nitrogens with zero attached hydrogens (tertiary/aromatic N) is 3. The third kappa shape index (κ3) is 3.68. The molecule has 9 heteroatoms. The van der Waals surface area contributed by atoms with Gasteiger partial charge in [0.2, 0.25) is 0 Å². The van der Waals surface area contributed by atoms with Crippen LogP contribution in [0, 0.1) is 5.82 Å². The standard InChI is InChI=1S/C20H20FN5O2S/c21-11-8-14-19(22-9-11)26-17(23-14)7-10-4-5-12-16(6-10)29-20(24-12)25-13-2-1-3-15(27)18(13)28/h4-6,8-9,13,15,18,27-28H,1-3,7H2,(H,24,25)(H,22,23,26)/t13-,15-,18+/m1/s1. The summed E-state index contributed by atoms with van der Waals surface area (Å²) in [6.07, 6.45) is 2.58. The fourth-order valence-electron chi connectivity index (χ4n) is 3.81. The van der Waals surface area contributed by atoms with Crippen molar-refractivity contribution in [1.82, 2.24) is 19.9 Å². The van der Waals surface area contributed by atoms with Crippen LogP contribution in [-0.2, 0) is 6.42 Å². The molecule has 1 saturated carbocycles. The second kappa shape index (κ2) is 7.33. The van der Waals surface area contributed by atoms with Crippen LogP contribution < -0.4 is 5.32 Å². The highest BCUT2D eigenvalue weighted by molar-refractivity contribution is 7.22. The number of aromatic nitrogens is 4. The fraction of sp³-hybridized carbons (Fsp3) is 0.350. The van der Waals surface area contributed by atoms with Crippen molar-refractivity contribution >= 4 is 37.8 Å². The first-order valence-corrected chi connectivity index (χ1v) is 10.4. The van der Waals surface area contributed by atoms with E-state index in [2.05, 4.69) is 31.3 Å². The number of aromatic amines is 1. The van der Waals surface area contributed by atoms with Gasteiger partial charge in [0.1, 0.15) is 11.6 Å². The number of aliphatic hydroxyl groups excluding tert-OH is 2. The quantitative estimate of drug-likeness (QED) is 0.410. The van der Waals surface area contributed by atoms with E-state index in [1.807, 2.05) is 12.1 Å². The van der Waals surface area contributed by atoms with Gasteiger partial charge in [0, 0.05) is 12.5 Å². The van der Waals surface area contributed by atoms with Gasteiger partial charge in [-0.2, -0.15) is 0 Å². The minimum Gasteiger partial charge on any atom is -0.390 e. The molecule has 0 radical (unpaired) electrons. The summed E-state index contributed by atoms with van der Waals surface area (Å²) in [5.41, 5.74) is 3.01. The summed E-state index contributed by atoms with van der Waals surface area (Å²) >= 11 is 1.52. The van der Waals surface area contributed by atoms with Crippen LogP contribution in [0.3, 0.4) is 0 Å². The number of halogens is 1. The molecule has 0 aliphatic heterocycles. The van der Waals surface area contributed by atoms with Crippen molar-refractivity contribution in [2.24, 2.45) is 0 Å². The zero-order valence-electron chi connectivity index (χ0n) is 15.5. The lowest BCUT2D eigenvalue weighted by Crippen LogP contribution is -2.45. The van der Waals surface area contributed by atoms with Crippen LogP contribution >= 0.6 is 11.3 Å². The minimum atomic E-state index is -0.780. The van der Waals surface area contributed by atoms with Gasteiger partial charge in [0.15, 0.2) is 10.8 Å². The van der Waals surface area contributed by atoms with Crippen LogP contribution in [0.1, 0.15) is 30.7 Å². The molecule has 7 nitrogen and oxygen atoms in total. The zero-order valence-corrected chi connectivity index (χ0v) is 16.3. The van der Waals surface area contributed by atoms with Crippen molar-refractivity contribution in [3.8, 4) is 0 Å². The molecule has 4 N–H and O–H groups in total. The van der Waals surface area contributed by atoms with Gasteiger partial charge in [-0.25, -0.2) is 19.3 Å². The monoisotopic (exact) mass is 413 g/mol. The van der Waals surface area contributed by atoms with E-state index >= 15 is 0 Å². The molecule has 0 spiro atoms. The number of hydrogen-bond acceptors (Lipinski definition) is 7. The number of thiazole rings is 1. The number of nitrogens with one attached hydrogen (secondary N) is 2. The molecule has 4 aromatic rings. The second-order valence-electron chi connectivity index (χ2n) is 7.45. The van der Waals surface area contributed by atoms with Crippen molar-refractivity contribution in [2.45, 2.75) is 43.9 Å². The van der Waals surface area contributed by atoms with Gasteiger partial charge in [-0.1, -0.05) is 17.4 Å². The Balaban J connectivity index is 1.36. The minimum absolute atomic E-state index is 0.192. The summed E-state index contributed by atoms with van der Waals surface area (Å²) in [7, 11) is 0. The highest BCUT2D eigenvalue weighted by Gasteiger charge is 2.30. The van der Waals surface area contributed by atoms with Crippen LogP contribution in [0.25, 0.3) is 21.4 Å². The third-order valence-corrected chi connectivity index (χ3v) is 6.26. The number of fused-ring (bicyclic) bond motifs is 2. The summed E-state index contributed by atoms with van der Waals surface area (Å²) < 4.78 is 14.3. The Morgan fingerprint density at radius 3 is 3.00 bits per heavy atom. The first-order valence-electron chi connectivity index (χ1n) is 9.57. The summed E-state index contributed by atoms with van der Waals surface area (Å²) in [6.45, 7) is 0. The highest BCUT2D eigenvalue weighted by Crippen LogP contribution is 2.30. The lowest BCUT2D eigenvalue weighted by atomic mass is 9.90. The van der Waals surface area contributed by atoms with Gasteiger partial charge < -0.3 is 20.5 Å². The Morgan fingerprint density at radius 1 is 1.21 bits per heavy atom. The van der Waals surface area contributed by atoms with Crippen molar-refractivity contribution in [2.75, 3.05) is 5.32 Å². The van der Waals surface area contributed by atoms with Gasteiger partial charge in [0.25, 0.3) is 0 Å². The van der Waals surface area contributed by atoms with Gasteiger partial charge >= 0.3 is 0 Å². The maximum absolute atomic E-state index is 13.3. The first-order chi connectivity index (χ1) is 14.0. The van der Waals surface area contributed by atoms with E-state index < -0.39 is 18.0 Å². The van der Waals surface area contributed by atoms with Crippen LogP contribution in [0.4, 0.5) is 9.52 Å². The van der Waals surface area contributed by atoms with Crippen LogP contribution in [0.5, 0.6) is 0 Å². The van der Waals surface area contributed by atoms with Gasteiger partial charge in [-0.3, -0.25) is 0 Å². The van der Waals surface area contributed by atoms with E-state index in [1.54, 1.807) is 0 Å². The van der Waals surface area contributed by atoms with Crippen molar-refractivity contribution in [3.63, 3.8) is 0 Å². The molecule has 3 atom stereocenters. The van der Waals surface area contributed by atoms with Crippen molar-refractivity contribution in [3.05, 3.63) is 47.7 Å². The zero-order chi connectivity index (χ0) is 20.0. The molecular weight excluding hydrogens is 393 g/mol. The molecule has 0 amide bonds. The largest absolute Gasteiger partial charge is 0.390 e. The molecule has 1 aliphatic carbocycles. The molecule has 29 heavy (non-hydrogen) atoms. The summed E-state index contributed by atoms with van der Waals surface area (Å²) in [4.78, 5) is 16.1. The first kappa shape index (κ1) is 18.4. The normalized spacial score (nSPS) is 22.4. The fourth-order valence-corrected chi connectivity index (χ4v) is 4.81. The Labute approximate surface area is 169 Å². The molecule has 3 aromatic heterocycles. The summed E-state index contributed by atoms with van der Waals surface area (Å²) in [6, 6.07) is 7.21. The molecular formula is C20H20FN5O2S. The molecule has 150 valence electrons. The number of rotatable bonds is 4. The van der Waals surface area contributed by atoms with Crippen molar-refractivity contribution in [1.29, 1.82) is 0 Å². The van der Waals surface area contributed by atoms with E-state index in [9.17, 15) is 14.6 Å². The van der Waals surface area contributed by atoms with Gasteiger partial charge in [-0.15, -0.1) is 0 Å². The molecule has 0 unspecified atom stereocenters. The molecule has 1 aromatic carbocycles. The van der Waals surface area contributed by atoms with E-state index in [0.29, 0.717) is 24.0 Å². The van der Waals surface area contributed by atoms with Crippen LogP contribution in [-0.4, -0.2) is 48.4 Å². The molecule has 3 heterocycles. The number of pyridine rings is 1. The number of aliphatic hydroxyl groups is 2. The Kier molecular flexibility index (Phi) is 4.65.